The van der Waals surface area contributed by atoms with E-state index in [4.69, 9.17) is 16.3 Å². The van der Waals surface area contributed by atoms with Crippen LogP contribution in [-0.2, 0) is 4.79 Å². The van der Waals surface area contributed by atoms with Gasteiger partial charge in [0.2, 0.25) is 5.91 Å². The third-order valence-electron chi connectivity index (χ3n) is 3.64. The third-order valence-corrected chi connectivity index (χ3v) is 3.88. The molecule has 0 aromatic heterocycles. The molecule has 21 heavy (non-hydrogen) atoms. The van der Waals surface area contributed by atoms with Crippen molar-refractivity contribution in [3.05, 3.63) is 29.3 Å². The van der Waals surface area contributed by atoms with Crippen molar-refractivity contribution < 1.29 is 9.53 Å². The number of carbonyl (C=O) groups is 1. The Hall–Kier alpha value is -1.22. The molecule has 0 radical (unpaired) electrons. The molecular formula is C17H26ClNO2. The summed E-state index contributed by atoms with van der Waals surface area (Å²) in [5.74, 6) is 2.35. The Bertz CT molecular complexity index is 438. The molecule has 0 bridgehead atoms. The van der Waals surface area contributed by atoms with Gasteiger partial charge < -0.3 is 10.1 Å². The van der Waals surface area contributed by atoms with Crippen molar-refractivity contribution >= 4 is 17.5 Å². The minimum atomic E-state index is 0.0309. The summed E-state index contributed by atoms with van der Waals surface area (Å²) in [5.41, 5.74) is 0. The molecule has 0 heterocycles. The summed E-state index contributed by atoms with van der Waals surface area (Å²) in [4.78, 5) is 11.8. The molecule has 1 rings (SSSR count). The zero-order valence-electron chi connectivity index (χ0n) is 13.4. The van der Waals surface area contributed by atoms with Crippen LogP contribution in [0.25, 0.3) is 0 Å². The second-order valence-electron chi connectivity index (χ2n) is 6.01. The van der Waals surface area contributed by atoms with Gasteiger partial charge in [-0.3, -0.25) is 4.79 Å². The van der Waals surface area contributed by atoms with Gasteiger partial charge in [0.15, 0.2) is 0 Å². The molecule has 0 saturated heterocycles. The SMILES string of the molecule is CC(C)C(CNC(=O)CCOc1cccc(Cl)c1)C(C)C. The Balaban J connectivity index is 2.28. The van der Waals surface area contributed by atoms with Crippen LogP contribution in [0.15, 0.2) is 24.3 Å². The Morgan fingerprint density at radius 2 is 1.90 bits per heavy atom. The quantitative estimate of drug-likeness (QED) is 0.783. The van der Waals surface area contributed by atoms with E-state index in [1.807, 2.05) is 12.1 Å². The van der Waals surface area contributed by atoms with Crippen molar-refractivity contribution in [3.8, 4) is 5.75 Å². The van der Waals surface area contributed by atoms with Crippen molar-refractivity contribution in [2.24, 2.45) is 17.8 Å². The molecule has 0 spiro atoms. The molecule has 3 nitrogen and oxygen atoms in total. The van der Waals surface area contributed by atoms with Crippen LogP contribution in [0, 0.1) is 17.8 Å². The van der Waals surface area contributed by atoms with Crippen molar-refractivity contribution in [2.45, 2.75) is 34.1 Å². The van der Waals surface area contributed by atoms with E-state index in [9.17, 15) is 4.79 Å². The molecule has 0 fully saturated rings. The maximum absolute atomic E-state index is 11.8. The second-order valence-corrected chi connectivity index (χ2v) is 6.45. The van der Waals surface area contributed by atoms with Crippen LogP contribution in [0.1, 0.15) is 34.1 Å². The number of ether oxygens (including phenoxy) is 1. The molecule has 4 heteroatoms. The first kappa shape index (κ1) is 17.8. The van der Waals surface area contributed by atoms with Crippen molar-refractivity contribution in [1.82, 2.24) is 5.32 Å². The van der Waals surface area contributed by atoms with E-state index in [2.05, 4.69) is 33.0 Å². The topological polar surface area (TPSA) is 38.3 Å². The average molecular weight is 312 g/mol. The summed E-state index contributed by atoms with van der Waals surface area (Å²) < 4.78 is 5.51. The van der Waals surface area contributed by atoms with Crippen LogP contribution in [0.5, 0.6) is 5.75 Å². The fourth-order valence-corrected chi connectivity index (χ4v) is 2.56. The van der Waals surface area contributed by atoms with E-state index >= 15 is 0 Å². The van der Waals surface area contributed by atoms with Crippen LogP contribution in [0.3, 0.4) is 0 Å². The van der Waals surface area contributed by atoms with Crippen LogP contribution in [-0.4, -0.2) is 19.1 Å². The molecule has 0 aliphatic carbocycles. The first-order valence-electron chi connectivity index (χ1n) is 7.55. The highest BCUT2D eigenvalue weighted by molar-refractivity contribution is 6.30. The lowest BCUT2D eigenvalue weighted by Crippen LogP contribution is -2.34. The van der Waals surface area contributed by atoms with Gasteiger partial charge in [0.05, 0.1) is 13.0 Å². The van der Waals surface area contributed by atoms with Crippen LogP contribution in [0.2, 0.25) is 5.02 Å². The number of carbonyl (C=O) groups excluding carboxylic acids is 1. The van der Waals surface area contributed by atoms with Crippen LogP contribution < -0.4 is 10.1 Å². The monoisotopic (exact) mass is 311 g/mol. The van der Waals surface area contributed by atoms with E-state index in [0.29, 0.717) is 41.6 Å². The molecule has 0 saturated carbocycles. The summed E-state index contributed by atoms with van der Waals surface area (Å²) in [6.07, 6.45) is 0.357. The van der Waals surface area contributed by atoms with Gasteiger partial charge >= 0.3 is 0 Å². The highest BCUT2D eigenvalue weighted by Crippen LogP contribution is 2.19. The van der Waals surface area contributed by atoms with Gasteiger partial charge in [-0.15, -0.1) is 0 Å². The van der Waals surface area contributed by atoms with Crippen LogP contribution in [0.4, 0.5) is 0 Å². The maximum atomic E-state index is 11.8. The number of benzene rings is 1. The summed E-state index contributed by atoms with van der Waals surface area (Å²) in [7, 11) is 0. The Kier molecular flexibility index (Phi) is 7.58. The number of amides is 1. The van der Waals surface area contributed by atoms with E-state index in [0.717, 1.165) is 6.54 Å². The number of rotatable bonds is 8. The summed E-state index contributed by atoms with van der Waals surface area (Å²) in [5, 5.41) is 3.63. The minimum Gasteiger partial charge on any atom is -0.493 e. The van der Waals surface area contributed by atoms with E-state index in [1.54, 1.807) is 12.1 Å². The molecule has 118 valence electrons. The van der Waals surface area contributed by atoms with Gasteiger partial charge in [0.25, 0.3) is 0 Å². The number of hydrogen-bond acceptors (Lipinski definition) is 2. The zero-order valence-corrected chi connectivity index (χ0v) is 14.1. The number of nitrogens with one attached hydrogen (secondary N) is 1. The summed E-state index contributed by atoms with van der Waals surface area (Å²) >= 11 is 5.87. The van der Waals surface area contributed by atoms with Crippen molar-refractivity contribution in [1.29, 1.82) is 0 Å². The molecule has 0 atom stereocenters. The van der Waals surface area contributed by atoms with E-state index in [-0.39, 0.29) is 5.91 Å². The van der Waals surface area contributed by atoms with Crippen molar-refractivity contribution in [2.75, 3.05) is 13.2 Å². The molecule has 1 aromatic carbocycles. The molecule has 1 N–H and O–H groups in total. The van der Waals surface area contributed by atoms with Gasteiger partial charge in [-0.1, -0.05) is 45.4 Å². The Labute approximate surface area is 133 Å². The minimum absolute atomic E-state index is 0.0309. The van der Waals surface area contributed by atoms with Gasteiger partial charge in [0, 0.05) is 11.6 Å². The molecule has 0 aliphatic rings. The zero-order chi connectivity index (χ0) is 15.8. The van der Waals surface area contributed by atoms with Crippen LogP contribution >= 0.6 is 11.6 Å². The van der Waals surface area contributed by atoms with Gasteiger partial charge in [-0.25, -0.2) is 0 Å². The molecule has 1 amide bonds. The highest BCUT2D eigenvalue weighted by atomic mass is 35.5. The fraction of sp³-hybridized carbons (Fsp3) is 0.588. The third kappa shape index (κ3) is 6.85. The van der Waals surface area contributed by atoms with E-state index < -0.39 is 0 Å². The standard InChI is InChI=1S/C17H26ClNO2/c1-12(2)16(13(3)4)11-19-17(20)8-9-21-15-7-5-6-14(18)10-15/h5-7,10,12-13,16H,8-9,11H2,1-4H3,(H,19,20). The van der Waals surface area contributed by atoms with Gasteiger partial charge in [-0.05, 0) is 36.0 Å². The molecular weight excluding hydrogens is 286 g/mol. The normalized spacial score (nSPS) is 11.2. The predicted octanol–water partition coefficient (Wildman–Crippen LogP) is 4.15. The smallest absolute Gasteiger partial charge is 0.223 e. The largest absolute Gasteiger partial charge is 0.493 e. The number of hydrogen-bond donors (Lipinski definition) is 1. The van der Waals surface area contributed by atoms with Crippen molar-refractivity contribution in [3.63, 3.8) is 0 Å². The first-order chi connectivity index (χ1) is 9.90. The summed E-state index contributed by atoms with van der Waals surface area (Å²) in [6.45, 7) is 9.86. The Morgan fingerprint density at radius 1 is 1.24 bits per heavy atom. The maximum Gasteiger partial charge on any atom is 0.223 e. The molecule has 1 aromatic rings. The lowest BCUT2D eigenvalue weighted by atomic mass is 9.85. The first-order valence-corrected chi connectivity index (χ1v) is 7.93. The average Bonchev–Trinajstić information content (AvgIpc) is 2.38. The highest BCUT2D eigenvalue weighted by Gasteiger charge is 2.18. The van der Waals surface area contributed by atoms with Gasteiger partial charge in [-0.2, -0.15) is 0 Å². The predicted molar refractivity (Wildman–Crippen MR) is 87.7 cm³/mol. The molecule has 0 unspecified atom stereocenters. The second kappa shape index (κ2) is 8.93. The lowest BCUT2D eigenvalue weighted by Gasteiger charge is -2.25. The van der Waals surface area contributed by atoms with Gasteiger partial charge in [0.1, 0.15) is 5.75 Å². The van der Waals surface area contributed by atoms with E-state index in [1.165, 1.54) is 0 Å². The molecule has 0 aliphatic heterocycles. The Morgan fingerprint density at radius 3 is 2.48 bits per heavy atom. The summed E-state index contributed by atoms with van der Waals surface area (Å²) in [6, 6.07) is 7.19. The fourth-order valence-electron chi connectivity index (χ4n) is 2.38. The lowest BCUT2D eigenvalue weighted by molar-refractivity contribution is -0.121. The number of halogens is 1.